The van der Waals surface area contributed by atoms with Gasteiger partial charge in [0.15, 0.2) is 0 Å². The molecule has 2 N–H and O–H groups in total. The lowest BCUT2D eigenvalue weighted by Crippen LogP contribution is -2.11. The van der Waals surface area contributed by atoms with Crippen molar-refractivity contribution in [2.75, 3.05) is 4.72 Å². The number of halogens is 1. The summed E-state index contributed by atoms with van der Waals surface area (Å²) in [5, 5.41) is 7.39. The zero-order valence-corrected chi connectivity index (χ0v) is 11.8. The van der Waals surface area contributed by atoms with E-state index in [1.807, 2.05) is 6.07 Å². The Morgan fingerprint density at radius 3 is 2.84 bits per heavy atom. The Balaban J connectivity index is 2.03. The van der Waals surface area contributed by atoms with Crippen molar-refractivity contribution in [2.24, 2.45) is 0 Å². The van der Waals surface area contributed by atoms with Gasteiger partial charge < -0.3 is 0 Å². The Kier molecular flexibility index (Phi) is 2.96. The quantitative estimate of drug-likeness (QED) is 0.780. The summed E-state index contributed by atoms with van der Waals surface area (Å²) in [7, 11) is -3.62. The second-order valence-electron chi connectivity index (χ2n) is 3.80. The number of nitrogens with one attached hydrogen (secondary N) is 2. The van der Waals surface area contributed by atoms with Crippen molar-refractivity contribution in [3.05, 3.63) is 40.9 Å². The van der Waals surface area contributed by atoms with Crippen molar-refractivity contribution in [3.8, 4) is 0 Å². The van der Waals surface area contributed by atoms with Crippen molar-refractivity contribution in [1.29, 1.82) is 0 Å². The first-order valence-corrected chi connectivity index (χ1v) is 7.94. The smallest absolute Gasteiger partial charge is 0.271 e. The minimum absolute atomic E-state index is 0.179. The van der Waals surface area contributed by atoms with E-state index in [0.717, 1.165) is 16.9 Å². The average molecular weight is 314 g/mol. The molecule has 0 bridgehead atoms. The lowest BCUT2D eigenvalue weighted by atomic mass is 10.2. The van der Waals surface area contributed by atoms with Crippen LogP contribution >= 0.6 is 22.9 Å². The van der Waals surface area contributed by atoms with Crippen LogP contribution in [0, 0.1) is 0 Å². The van der Waals surface area contributed by atoms with E-state index in [4.69, 9.17) is 11.6 Å². The van der Waals surface area contributed by atoms with Crippen molar-refractivity contribution < 1.29 is 8.42 Å². The highest BCUT2D eigenvalue weighted by atomic mass is 35.5. The number of aromatic amines is 1. The van der Waals surface area contributed by atoms with Gasteiger partial charge in [0.1, 0.15) is 4.21 Å². The van der Waals surface area contributed by atoms with Gasteiger partial charge in [0.2, 0.25) is 0 Å². The Labute approximate surface area is 118 Å². The van der Waals surface area contributed by atoms with E-state index in [2.05, 4.69) is 14.9 Å². The summed E-state index contributed by atoms with van der Waals surface area (Å²) in [6, 6.07) is 8.29. The third-order valence-electron chi connectivity index (χ3n) is 2.54. The van der Waals surface area contributed by atoms with Gasteiger partial charge in [0, 0.05) is 5.39 Å². The number of anilines is 1. The topological polar surface area (TPSA) is 74.8 Å². The number of rotatable bonds is 3. The average Bonchev–Trinajstić information content (AvgIpc) is 2.97. The van der Waals surface area contributed by atoms with E-state index in [-0.39, 0.29) is 4.21 Å². The standard InChI is InChI=1S/C11H8ClN3O2S2/c12-10-4-5-11(18-10)19(16,17)15-9-3-1-2-8-7(9)6-13-14-8/h1-6,15H,(H,13,14). The highest BCUT2D eigenvalue weighted by Gasteiger charge is 2.18. The number of hydrogen-bond acceptors (Lipinski definition) is 4. The number of H-pyrrole nitrogens is 1. The fourth-order valence-corrected chi connectivity index (χ4v) is 4.26. The Hall–Kier alpha value is -1.57. The summed E-state index contributed by atoms with van der Waals surface area (Å²) in [4.78, 5) is 0. The van der Waals surface area contributed by atoms with Crippen molar-refractivity contribution >= 4 is 49.6 Å². The number of hydrogen-bond donors (Lipinski definition) is 2. The van der Waals surface area contributed by atoms with Crippen LogP contribution in [0.25, 0.3) is 10.9 Å². The summed E-state index contributed by atoms with van der Waals surface area (Å²) in [6.45, 7) is 0. The van der Waals surface area contributed by atoms with Crippen molar-refractivity contribution in [1.82, 2.24) is 10.2 Å². The SMILES string of the molecule is O=S(=O)(Nc1cccc2[nH]ncc12)c1ccc(Cl)s1. The van der Waals surface area contributed by atoms with Gasteiger partial charge in [-0.15, -0.1) is 11.3 Å². The normalized spacial score (nSPS) is 11.8. The van der Waals surface area contributed by atoms with E-state index in [1.54, 1.807) is 24.4 Å². The minimum atomic E-state index is -3.62. The molecule has 0 atom stereocenters. The predicted octanol–water partition coefficient (Wildman–Crippen LogP) is 3.08. The summed E-state index contributed by atoms with van der Waals surface area (Å²) < 4.78 is 27.5. The van der Waals surface area contributed by atoms with Crippen LogP contribution in [0.3, 0.4) is 0 Å². The zero-order valence-electron chi connectivity index (χ0n) is 9.42. The van der Waals surface area contributed by atoms with Crippen LogP contribution in [0.15, 0.2) is 40.7 Å². The van der Waals surface area contributed by atoms with E-state index in [9.17, 15) is 8.42 Å². The Morgan fingerprint density at radius 2 is 2.11 bits per heavy atom. The van der Waals surface area contributed by atoms with Gasteiger partial charge in [0.05, 0.1) is 21.7 Å². The van der Waals surface area contributed by atoms with Gasteiger partial charge in [-0.3, -0.25) is 9.82 Å². The molecule has 8 heteroatoms. The number of nitrogens with zero attached hydrogens (tertiary/aromatic N) is 1. The van der Waals surface area contributed by atoms with E-state index in [0.29, 0.717) is 15.4 Å². The molecule has 0 saturated carbocycles. The monoisotopic (exact) mass is 313 g/mol. The summed E-state index contributed by atoms with van der Waals surface area (Å²) in [5.41, 5.74) is 1.25. The third-order valence-corrected chi connectivity index (χ3v) is 5.63. The van der Waals surface area contributed by atoms with Crippen molar-refractivity contribution in [3.63, 3.8) is 0 Å². The molecule has 0 saturated heterocycles. The predicted molar refractivity (Wildman–Crippen MR) is 76.2 cm³/mol. The third kappa shape index (κ3) is 2.32. The maximum absolute atomic E-state index is 12.2. The molecular weight excluding hydrogens is 306 g/mol. The lowest BCUT2D eigenvalue weighted by molar-refractivity contribution is 0.603. The molecule has 0 fully saturated rings. The summed E-state index contributed by atoms with van der Waals surface area (Å²) in [5.74, 6) is 0. The van der Waals surface area contributed by atoms with Gasteiger partial charge in [-0.2, -0.15) is 5.10 Å². The van der Waals surface area contributed by atoms with E-state index in [1.165, 1.54) is 6.07 Å². The lowest BCUT2D eigenvalue weighted by Gasteiger charge is -2.06. The largest absolute Gasteiger partial charge is 0.278 e. The first kappa shape index (κ1) is 12.5. The molecule has 2 aromatic heterocycles. The first-order chi connectivity index (χ1) is 9.06. The van der Waals surface area contributed by atoms with E-state index >= 15 is 0 Å². The second-order valence-corrected chi connectivity index (χ2v) is 7.43. The van der Waals surface area contributed by atoms with Gasteiger partial charge >= 0.3 is 0 Å². The Bertz CT molecular complexity index is 838. The molecule has 0 aliphatic carbocycles. The molecule has 0 amide bonds. The van der Waals surface area contributed by atoms with Gasteiger partial charge in [-0.25, -0.2) is 8.42 Å². The molecule has 5 nitrogen and oxygen atoms in total. The maximum Gasteiger partial charge on any atom is 0.271 e. The number of thiophene rings is 1. The molecule has 0 spiro atoms. The molecule has 0 unspecified atom stereocenters. The number of sulfonamides is 1. The van der Waals surface area contributed by atoms with Gasteiger partial charge in [-0.05, 0) is 24.3 Å². The highest BCUT2D eigenvalue weighted by molar-refractivity contribution is 7.94. The minimum Gasteiger partial charge on any atom is -0.278 e. The summed E-state index contributed by atoms with van der Waals surface area (Å²) in [6.07, 6.45) is 1.58. The molecule has 3 aromatic rings. The molecule has 1 aromatic carbocycles. The number of fused-ring (bicyclic) bond motifs is 1. The fraction of sp³-hybridized carbons (Fsp3) is 0. The molecule has 98 valence electrons. The van der Waals surface area contributed by atoms with Gasteiger partial charge in [-0.1, -0.05) is 17.7 Å². The number of aromatic nitrogens is 2. The van der Waals surface area contributed by atoms with E-state index < -0.39 is 10.0 Å². The summed E-state index contributed by atoms with van der Waals surface area (Å²) >= 11 is 6.77. The highest BCUT2D eigenvalue weighted by Crippen LogP contribution is 2.29. The van der Waals surface area contributed by atoms with Crippen LogP contribution in [-0.4, -0.2) is 18.6 Å². The van der Waals surface area contributed by atoms with Crippen LogP contribution in [-0.2, 0) is 10.0 Å². The van der Waals surface area contributed by atoms with Crippen LogP contribution in [0.2, 0.25) is 4.34 Å². The molecular formula is C11H8ClN3O2S2. The molecule has 3 rings (SSSR count). The molecule has 2 heterocycles. The van der Waals surface area contributed by atoms with Crippen LogP contribution in [0.4, 0.5) is 5.69 Å². The molecule has 0 aliphatic heterocycles. The fourth-order valence-electron chi connectivity index (χ4n) is 1.69. The Morgan fingerprint density at radius 1 is 1.26 bits per heavy atom. The van der Waals surface area contributed by atoms with Crippen LogP contribution in [0.5, 0.6) is 0 Å². The zero-order chi connectivity index (χ0) is 13.5. The first-order valence-electron chi connectivity index (χ1n) is 5.26. The molecule has 19 heavy (non-hydrogen) atoms. The molecule has 0 radical (unpaired) electrons. The van der Waals surface area contributed by atoms with Crippen LogP contribution in [0.1, 0.15) is 0 Å². The maximum atomic E-state index is 12.2. The van der Waals surface area contributed by atoms with Crippen LogP contribution < -0.4 is 4.72 Å². The molecule has 0 aliphatic rings. The van der Waals surface area contributed by atoms with Crippen molar-refractivity contribution in [2.45, 2.75) is 4.21 Å². The number of benzene rings is 1. The van der Waals surface area contributed by atoms with Gasteiger partial charge in [0.25, 0.3) is 10.0 Å². The second kappa shape index (κ2) is 4.52.